The lowest BCUT2D eigenvalue weighted by molar-refractivity contribution is 0.0874. The molecule has 1 unspecified atom stereocenters. The number of benzene rings is 1. The van der Waals surface area contributed by atoms with Crippen LogP contribution in [0.2, 0.25) is 0 Å². The third-order valence-corrected chi connectivity index (χ3v) is 4.05. The van der Waals surface area contributed by atoms with Crippen LogP contribution >= 0.6 is 0 Å². The van der Waals surface area contributed by atoms with E-state index in [9.17, 15) is 4.39 Å². The second-order valence-corrected chi connectivity index (χ2v) is 6.65. The summed E-state index contributed by atoms with van der Waals surface area (Å²) in [6.07, 6.45) is 4.72. The molecule has 0 radical (unpaired) electrons. The van der Waals surface area contributed by atoms with Gasteiger partial charge in [-0.1, -0.05) is 11.2 Å². The number of oxime groups is 1. The molecule has 4 aromatic rings. The summed E-state index contributed by atoms with van der Waals surface area (Å²) < 4.78 is 24.8. The summed E-state index contributed by atoms with van der Waals surface area (Å²) in [6, 6.07) is 10.1. The first kappa shape index (κ1) is 19.4. The first-order valence-electron chi connectivity index (χ1n) is 9.22. The number of halogens is 1. The highest BCUT2D eigenvalue weighted by Crippen LogP contribution is 2.29. The quantitative estimate of drug-likeness (QED) is 0.336. The maximum atomic E-state index is 13.3. The molecule has 0 amide bonds. The SMILES string of the molecule is CC(C)O/N=C/c1cc(OC(c2ccc(F)cn2)c2nnco2)cc2cccnc12. The molecule has 152 valence electrons. The molecule has 0 saturated heterocycles. The zero-order chi connectivity index (χ0) is 20.9. The molecule has 0 N–H and O–H groups in total. The van der Waals surface area contributed by atoms with Crippen LogP contribution in [-0.4, -0.2) is 32.5 Å². The van der Waals surface area contributed by atoms with Gasteiger partial charge in [0.25, 0.3) is 5.89 Å². The summed E-state index contributed by atoms with van der Waals surface area (Å²) in [4.78, 5) is 13.8. The normalized spacial score (nSPS) is 12.5. The zero-order valence-corrected chi connectivity index (χ0v) is 16.3. The van der Waals surface area contributed by atoms with E-state index in [-0.39, 0.29) is 12.0 Å². The molecule has 0 aliphatic carbocycles. The molecule has 0 aliphatic rings. The van der Waals surface area contributed by atoms with Gasteiger partial charge in [-0.25, -0.2) is 4.39 Å². The van der Waals surface area contributed by atoms with E-state index in [1.807, 2.05) is 32.0 Å². The van der Waals surface area contributed by atoms with Gasteiger partial charge >= 0.3 is 0 Å². The average molecular weight is 407 g/mol. The molecular weight excluding hydrogens is 389 g/mol. The number of hydrogen-bond acceptors (Lipinski definition) is 8. The van der Waals surface area contributed by atoms with Crippen molar-refractivity contribution in [1.82, 2.24) is 20.2 Å². The van der Waals surface area contributed by atoms with Gasteiger partial charge in [-0.3, -0.25) is 9.97 Å². The van der Waals surface area contributed by atoms with E-state index in [4.69, 9.17) is 14.0 Å². The molecule has 9 heteroatoms. The van der Waals surface area contributed by atoms with Gasteiger partial charge in [0.2, 0.25) is 12.5 Å². The van der Waals surface area contributed by atoms with Gasteiger partial charge in [0, 0.05) is 17.1 Å². The predicted molar refractivity (Wildman–Crippen MR) is 107 cm³/mol. The van der Waals surface area contributed by atoms with Crippen molar-refractivity contribution in [2.45, 2.75) is 26.1 Å². The number of ether oxygens (including phenoxy) is 1. The maximum absolute atomic E-state index is 13.3. The Kier molecular flexibility index (Phi) is 5.60. The van der Waals surface area contributed by atoms with Crippen LogP contribution in [0.25, 0.3) is 10.9 Å². The Morgan fingerprint density at radius 3 is 2.80 bits per heavy atom. The zero-order valence-electron chi connectivity index (χ0n) is 16.3. The van der Waals surface area contributed by atoms with E-state index in [2.05, 4.69) is 25.3 Å². The Hall–Kier alpha value is -3.88. The molecule has 4 rings (SSSR count). The molecule has 1 aromatic carbocycles. The molecule has 0 fully saturated rings. The summed E-state index contributed by atoms with van der Waals surface area (Å²) in [5.41, 5.74) is 1.88. The van der Waals surface area contributed by atoms with Crippen LogP contribution in [0.1, 0.15) is 37.1 Å². The highest BCUT2D eigenvalue weighted by molar-refractivity contribution is 5.98. The first-order chi connectivity index (χ1) is 14.6. The van der Waals surface area contributed by atoms with Crippen molar-refractivity contribution in [3.8, 4) is 5.75 Å². The van der Waals surface area contributed by atoms with E-state index >= 15 is 0 Å². The van der Waals surface area contributed by atoms with Crippen molar-refractivity contribution in [3.05, 3.63) is 78.2 Å². The minimum absolute atomic E-state index is 0.0497. The Balaban J connectivity index is 1.73. The van der Waals surface area contributed by atoms with Gasteiger partial charge in [0.05, 0.1) is 23.6 Å². The molecule has 0 bridgehead atoms. The highest BCUT2D eigenvalue weighted by Gasteiger charge is 2.23. The van der Waals surface area contributed by atoms with E-state index in [0.717, 1.165) is 17.1 Å². The largest absolute Gasteiger partial charge is 0.474 e. The van der Waals surface area contributed by atoms with E-state index in [1.165, 1.54) is 18.5 Å². The van der Waals surface area contributed by atoms with Crippen molar-refractivity contribution in [1.29, 1.82) is 0 Å². The fraction of sp³-hybridized carbons (Fsp3) is 0.190. The van der Waals surface area contributed by atoms with E-state index < -0.39 is 11.9 Å². The Bertz CT molecular complexity index is 1150. The third kappa shape index (κ3) is 4.40. The predicted octanol–water partition coefficient (Wildman–Crippen LogP) is 4.08. The van der Waals surface area contributed by atoms with Gasteiger partial charge < -0.3 is 14.0 Å². The van der Waals surface area contributed by atoms with Crippen molar-refractivity contribution in [3.63, 3.8) is 0 Å². The topological polar surface area (TPSA) is 95.5 Å². The van der Waals surface area contributed by atoms with Gasteiger partial charge in [-0.05, 0) is 44.2 Å². The van der Waals surface area contributed by atoms with E-state index in [1.54, 1.807) is 18.5 Å². The summed E-state index contributed by atoms with van der Waals surface area (Å²) in [7, 11) is 0. The summed E-state index contributed by atoms with van der Waals surface area (Å²) >= 11 is 0. The number of aromatic nitrogens is 4. The number of fused-ring (bicyclic) bond motifs is 1. The second-order valence-electron chi connectivity index (χ2n) is 6.65. The number of nitrogens with zero attached hydrogens (tertiary/aromatic N) is 5. The van der Waals surface area contributed by atoms with Gasteiger partial charge in [0.15, 0.2) is 0 Å². The van der Waals surface area contributed by atoms with Crippen LogP contribution in [0, 0.1) is 5.82 Å². The summed E-state index contributed by atoms with van der Waals surface area (Å²) in [5.74, 6) is 0.234. The minimum Gasteiger partial charge on any atom is -0.474 e. The van der Waals surface area contributed by atoms with Crippen molar-refractivity contribution in [2.24, 2.45) is 5.16 Å². The molecule has 1 atom stereocenters. The summed E-state index contributed by atoms with van der Waals surface area (Å²) in [5, 5.41) is 12.5. The standard InChI is InChI=1S/C21H18FN5O3/c1-13(2)30-26-10-15-9-17(8-14-4-3-7-23-19(14)15)29-20(21-27-25-12-28-21)18-6-5-16(22)11-24-18/h3-13,20H,1-2H3/b26-10+. The molecule has 30 heavy (non-hydrogen) atoms. The van der Waals surface area contributed by atoms with Crippen LogP contribution in [-0.2, 0) is 4.84 Å². The van der Waals surface area contributed by atoms with Gasteiger partial charge in [-0.15, -0.1) is 10.2 Å². The first-order valence-corrected chi connectivity index (χ1v) is 9.22. The Morgan fingerprint density at radius 2 is 2.07 bits per heavy atom. The van der Waals surface area contributed by atoms with Crippen LogP contribution in [0.15, 0.2) is 64.8 Å². The lowest BCUT2D eigenvalue weighted by Gasteiger charge is -2.16. The Morgan fingerprint density at radius 1 is 1.17 bits per heavy atom. The van der Waals surface area contributed by atoms with Gasteiger partial charge in [-0.2, -0.15) is 0 Å². The number of rotatable bonds is 7. The third-order valence-electron chi connectivity index (χ3n) is 4.05. The monoisotopic (exact) mass is 407 g/mol. The number of pyridine rings is 2. The van der Waals surface area contributed by atoms with Crippen LogP contribution < -0.4 is 4.74 Å². The van der Waals surface area contributed by atoms with Crippen LogP contribution in [0.5, 0.6) is 5.75 Å². The molecule has 0 aliphatic heterocycles. The molecule has 3 aromatic heterocycles. The van der Waals surface area contributed by atoms with Gasteiger partial charge in [0.1, 0.15) is 17.7 Å². The molecule has 0 spiro atoms. The molecule has 3 heterocycles. The maximum Gasteiger partial charge on any atom is 0.263 e. The van der Waals surface area contributed by atoms with Crippen molar-refractivity contribution in [2.75, 3.05) is 0 Å². The minimum atomic E-state index is -0.820. The van der Waals surface area contributed by atoms with Crippen molar-refractivity contribution >= 4 is 17.1 Å². The fourth-order valence-electron chi connectivity index (χ4n) is 2.78. The van der Waals surface area contributed by atoms with Crippen LogP contribution in [0.3, 0.4) is 0 Å². The lowest BCUT2D eigenvalue weighted by atomic mass is 10.1. The van der Waals surface area contributed by atoms with Crippen molar-refractivity contribution < 1.29 is 18.4 Å². The Labute approximate surface area is 171 Å². The molecular formula is C21H18FN5O3. The fourth-order valence-corrected chi connectivity index (χ4v) is 2.78. The summed E-state index contributed by atoms with van der Waals surface area (Å²) in [6.45, 7) is 3.77. The highest BCUT2D eigenvalue weighted by atomic mass is 19.1. The molecule has 0 saturated carbocycles. The lowest BCUT2D eigenvalue weighted by Crippen LogP contribution is -2.12. The molecule has 8 nitrogen and oxygen atoms in total. The number of hydrogen-bond donors (Lipinski definition) is 0. The van der Waals surface area contributed by atoms with Crippen LogP contribution in [0.4, 0.5) is 4.39 Å². The van der Waals surface area contributed by atoms with E-state index in [0.29, 0.717) is 17.0 Å². The average Bonchev–Trinajstić information content (AvgIpc) is 3.27. The second kappa shape index (κ2) is 8.64. The smallest absolute Gasteiger partial charge is 0.263 e.